The molecule has 7 heteroatoms. The van der Waals surface area contributed by atoms with Crippen molar-refractivity contribution >= 4 is 15.7 Å². The minimum Gasteiger partial charge on any atom is -0.331 e. The SMILES string of the molecule is CC1CCCc2nc(S(=O)(=O)Nc3ccncc3)cn21. The first-order valence-electron chi connectivity index (χ1n) is 6.57. The van der Waals surface area contributed by atoms with E-state index in [0.29, 0.717) is 11.7 Å². The second-order valence-corrected chi connectivity index (χ2v) is 6.61. The van der Waals surface area contributed by atoms with Crippen LogP contribution in [0.5, 0.6) is 0 Å². The molecule has 1 N–H and O–H groups in total. The summed E-state index contributed by atoms with van der Waals surface area (Å²) in [5.41, 5.74) is 0.485. The molecule has 0 bridgehead atoms. The molecule has 0 amide bonds. The molecule has 1 atom stereocenters. The van der Waals surface area contributed by atoms with E-state index in [2.05, 4.69) is 21.6 Å². The summed E-state index contributed by atoms with van der Waals surface area (Å²) in [6.07, 6.45) is 7.64. The lowest BCUT2D eigenvalue weighted by molar-refractivity contribution is 0.425. The molecule has 3 rings (SSSR count). The fourth-order valence-corrected chi connectivity index (χ4v) is 3.45. The molecule has 6 nitrogen and oxygen atoms in total. The molecule has 2 aromatic heterocycles. The standard InChI is InChI=1S/C13H16N4O2S/c1-10-3-2-4-12-15-13(9-17(10)12)20(18,19)16-11-5-7-14-8-6-11/h5-10H,2-4H2,1H3,(H,14,16). The minimum absolute atomic E-state index is 0.0815. The Hall–Kier alpha value is -1.89. The number of aromatic nitrogens is 3. The second kappa shape index (κ2) is 4.90. The van der Waals surface area contributed by atoms with Crippen LogP contribution in [0.15, 0.2) is 35.7 Å². The number of sulfonamides is 1. The van der Waals surface area contributed by atoms with E-state index in [4.69, 9.17) is 0 Å². The van der Waals surface area contributed by atoms with Gasteiger partial charge in [0.25, 0.3) is 10.0 Å². The zero-order chi connectivity index (χ0) is 14.2. The highest BCUT2D eigenvalue weighted by Gasteiger charge is 2.24. The number of aryl methyl sites for hydroxylation is 1. The highest BCUT2D eigenvalue weighted by molar-refractivity contribution is 7.92. The number of anilines is 1. The van der Waals surface area contributed by atoms with Gasteiger partial charge >= 0.3 is 0 Å². The van der Waals surface area contributed by atoms with E-state index < -0.39 is 10.0 Å². The molecule has 0 aromatic carbocycles. The molecule has 3 heterocycles. The predicted octanol–water partition coefficient (Wildman–Crippen LogP) is 1.98. The van der Waals surface area contributed by atoms with Crippen molar-refractivity contribution in [2.45, 2.75) is 37.3 Å². The van der Waals surface area contributed by atoms with Crippen molar-refractivity contribution in [2.24, 2.45) is 0 Å². The first kappa shape index (κ1) is 13.1. The molecule has 0 saturated carbocycles. The maximum atomic E-state index is 12.3. The first-order valence-corrected chi connectivity index (χ1v) is 8.05. The number of rotatable bonds is 3. The molecule has 0 radical (unpaired) electrons. The van der Waals surface area contributed by atoms with Crippen molar-refractivity contribution in [2.75, 3.05) is 4.72 Å². The van der Waals surface area contributed by atoms with Crippen LogP contribution in [0.1, 0.15) is 31.6 Å². The van der Waals surface area contributed by atoms with Gasteiger partial charge in [0, 0.05) is 31.1 Å². The van der Waals surface area contributed by atoms with Crippen LogP contribution in [0, 0.1) is 0 Å². The number of hydrogen-bond donors (Lipinski definition) is 1. The van der Waals surface area contributed by atoms with Gasteiger partial charge in [-0.2, -0.15) is 8.42 Å². The zero-order valence-electron chi connectivity index (χ0n) is 11.2. The quantitative estimate of drug-likeness (QED) is 0.938. The van der Waals surface area contributed by atoms with Crippen LogP contribution in [-0.4, -0.2) is 23.0 Å². The van der Waals surface area contributed by atoms with Gasteiger partial charge in [0.2, 0.25) is 0 Å². The van der Waals surface area contributed by atoms with Crippen LogP contribution in [0.2, 0.25) is 0 Å². The van der Waals surface area contributed by atoms with E-state index in [9.17, 15) is 8.42 Å². The summed E-state index contributed by atoms with van der Waals surface area (Å²) in [5.74, 6) is 0.846. The Bertz CT molecular complexity index is 709. The Morgan fingerprint density at radius 3 is 2.80 bits per heavy atom. The van der Waals surface area contributed by atoms with Crippen LogP contribution in [0.25, 0.3) is 0 Å². The predicted molar refractivity (Wildman–Crippen MR) is 74.9 cm³/mol. The molecule has 1 unspecified atom stereocenters. The Labute approximate surface area is 117 Å². The summed E-state index contributed by atoms with van der Waals surface area (Å²) in [4.78, 5) is 8.12. The molecule has 2 aromatic rings. The molecule has 0 saturated heterocycles. The van der Waals surface area contributed by atoms with Gasteiger partial charge in [-0.05, 0) is 31.9 Å². The van der Waals surface area contributed by atoms with Crippen LogP contribution in [-0.2, 0) is 16.4 Å². The van der Waals surface area contributed by atoms with Gasteiger partial charge in [-0.15, -0.1) is 0 Å². The summed E-state index contributed by atoms with van der Waals surface area (Å²) >= 11 is 0. The topological polar surface area (TPSA) is 76.9 Å². The average Bonchev–Trinajstić information content (AvgIpc) is 2.86. The first-order chi connectivity index (χ1) is 9.56. The van der Waals surface area contributed by atoms with E-state index in [1.165, 1.54) is 12.4 Å². The Morgan fingerprint density at radius 2 is 2.10 bits per heavy atom. The van der Waals surface area contributed by atoms with Gasteiger partial charge in [0.05, 0.1) is 5.69 Å². The molecular formula is C13H16N4O2S. The molecular weight excluding hydrogens is 276 g/mol. The highest BCUT2D eigenvalue weighted by Crippen LogP contribution is 2.26. The average molecular weight is 292 g/mol. The van der Waals surface area contributed by atoms with Gasteiger partial charge in [0.15, 0.2) is 5.03 Å². The van der Waals surface area contributed by atoms with E-state index in [1.54, 1.807) is 18.3 Å². The van der Waals surface area contributed by atoms with Gasteiger partial charge in [-0.3, -0.25) is 9.71 Å². The Kier molecular flexibility index (Phi) is 3.21. The maximum absolute atomic E-state index is 12.3. The van der Waals surface area contributed by atoms with Crippen molar-refractivity contribution in [3.8, 4) is 0 Å². The van der Waals surface area contributed by atoms with E-state index in [0.717, 1.165) is 25.1 Å². The molecule has 20 heavy (non-hydrogen) atoms. The summed E-state index contributed by atoms with van der Waals surface area (Å²) in [6, 6.07) is 3.52. The second-order valence-electron chi connectivity index (χ2n) is 4.99. The third-order valence-corrected chi connectivity index (χ3v) is 4.74. The number of nitrogens with zero attached hydrogens (tertiary/aromatic N) is 3. The Morgan fingerprint density at radius 1 is 1.35 bits per heavy atom. The monoisotopic (exact) mass is 292 g/mol. The van der Waals surface area contributed by atoms with Gasteiger partial charge < -0.3 is 4.57 Å². The molecule has 0 fully saturated rings. The highest BCUT2D eigenvalue weighted by atomic mass is 32.2. The zero-order valence-corrected chi connectivity index (χ0v) is 12.0. The largest absolute Gasteiger partial charge is 0.331 e. The molecule has 1 aliphatic heterocycles. The lowest BCUT2D eigenvalue weighted by Crippen LogP contribution is -2.14. The normalized spacial score (nSPS) is 18.6. The summed E-state index contributed by atoms with van der Waals surface area (Å²) in [7, 11) is -3.64. The Balaban J connectivity index is 1.92. The summed E-state index contributed by atoms with van der Waals surface area (Å²) in [5, 5.41) is 0.0815. The summed E-state index contributed by atoms with van der Waals surface area (Å²) in [6.45, 7) is 2.08. The smallest absolute Gasteiger partial charge is 0.280 e. The third-order valence-electron chi connectivity index (χ3n) is 3.49. The van der Waals surface area contributed by atoms with E-state index in [1.807, 2.05) is 4.57 Å². The van der Waals surface area contributed by atoms with Gasteiger partial charge in [0.1, 0.15) is 5.82 Å². The molecule has 0 aliphatic carbocycles. The van der Waals surface area contributed by atoms with Crippen LogP contribution < -0.4 is 4.72 Å². The lowest BCUT2D eigenvalue weighted by Gasteiger charge is -2.20. The number of fused-ring (bicyclic) bond motifs is 1. The fraction of sp³-hybridized carbons (Fsp3) is 0.385. The third kappa shape index (κ3) is 2.40. The van der Waals surface area contributed by atoms with Crippen molar-refractivity contribution < 1.29 is 8.42 Å². The van der Waals surface area contributed by atoms with Crippen LogP contribution >= 0.6 is 0 Å². The molecule has 0 spiro atoms. The number of pyridine rings is 1. The van der Waals surface area contributed by atoms with Crippen molar-refractivity contribution in [1.82, 2.24) is 14.5 Å². The number of imidazole rings is 1. The summed E-state index contributed by atoms with van der Waals surface area (Å²) < 4.78 is 29.1. The number of hydrogen-bond acceptors (Lipinski definition) is 4. The number of nitrogens with one attached hydrogen (secondary N) is 1. The molecule has 106 valence electrons. The van der Waals surface area contributed by atoms with Gasteiger partial charge in [-0.25, -0.2) is 4.98 Å². The van der Waals surface area contributed by atoms with E-state index in [-0.39, 0.29) is 5.03 Å². The van der Waals surface area contributed by atoms with Crippen molar-refractivity contribution in [3.05, 3.63) is 36.5 Å². The van der Waals surface area contributed by atoms with Crippen molar-refractivity contribution in [3.63, 3.8) is 0 Å². The van der Waals surface area contributed by atoms with Crippen LogP contribution in [0.3, 0.4) is 0 Å². The van der Waals surface area contributed by atoms with Crippen molar-refractivity contribution in [1.29, 1.82) is 0 Å². The fourth-order valence-electron chi connectivity index (χ4n) is 2.43. The minimum atomic E-state index is -3.64. The van der Waals surface area contributed by atoms with E-state index >= 15 is 0 Å². The van der Waals surface area contributed by atoms with Crippen LogP contribution in [0.4, 0.5) is 5.69 Å². The van der Waals surface area contributed by atoms with Gasteiger partial charge in [-0.1, -0.05) is 0 Å². The molecule has 1 aliphatic rings. The lowest BCUT2D eigenvalue weighted by atomic mass is 10.1. The maximum Gasteiger partial charge on any atom is 0.280 e.